The zero-order valence-electron chi connectivity index (χ0n) is 30.7. The number of hydrogen-bond acceptors (Lipinski definition) is 9. The van der Waals surface area contributed by atoms with E-state index in [1.54, 1.807) is 11.0 Å². The summed E-state index contributed by atoms with van der Waals surface area (Å²) in [6.07, 6.45) is 2.22. The van der Waals surface area contributed by atoms with E-state index in [4.69, 9.17) is 9.47 Å². The predicted molar refractivity (Wildman–Crippen MR) is 192 cm³/mol. The van der Waals surface area contributed by atoms with Crippen LogP contribution in [-0.2, 0) is 32.9 Å². The highest BCUT2D eigenvalue weighted by Gasteiger charge is 2.71. The van der Waals surface area contributed by atoms with Gasteiger partial charge in [-0.2, -0.15) is 0 Å². The van der Waals surface area contributed by atoms with Crippen LogP contribution in [0.5, 0.6) is 0 Å². The summed E-state index contributed by atoms with van der Waals surface area (Å²) >= 11 is 0. The number of rotatable bonds is 12. The van der Waals surface area contributed by atoms with Gasteiger partial charge in [0, 0.05) is 44.2 Å². The van der Waals surface area contributed by atoms with Crippen molar-refractivity contribution in [2.24, 2.45) is 0 Å². The number of nitrogens with zero attached hydrogens (tertiary/aromatic N) is 2. The van der Waals surface area contributed by atoms with Gasteiger partial charge in [0.1, 0.15) is 24.5 Å². The number of halogens is 1. The van der Waals surface area contributed by atoms with Crippen molar-refractivity contribution in [2.75, 3.05) is 32.8 Å². The number of amides is 3. The summed E-state index contributed by atoms with van der Waals surface area (Å²) in [6, 6.07) is 13.4. The number of urea groups is 1. The van der Waals surface area contributed by atoms with Gasteiger partial charge in [0.05, 0.1) is 12.2 Å². The van der Waals surface area contributed by atoms with Crippen LogP contribution < -0.4 is 5.32 Å². The maximum Gasteiger partial charge on any atom is 0.324 e. The summed E-state index contributed by atoms with van der Waals surface area (Å²) in [4.78, 5) is 30.0. The van der Waals surface area contributed by atoms with E-state index in [-0.39, 0.29) is 31.0 Å². The van der Waals surface area contributed by atoms with E-state index in [2.05, 4.69) is 10.2 Å². The molecule has 0 spiro atoms. The second kappa shape index (κ2) is 15.8. The lowest BCUT2D eigenvalue weighted by Gasteiger charge is -2.50. The van der Waals surface area contributed by atoms with Gasteiger partial charge >= 0.3 is 6.03 Å². The minimum atomic E-state index is -1.76. The zero-order valence-corrected chi connectivity index (χ0v) is 30.7. The summed E-state index contributed by atoms with van der Waals surface area (Å²) in [5, 5.41) is 46.2. The Morgan fingerprint density at radius 3 is 2.40 bits per heavy atom. The SMILES string of the molecule is Cc1ccc([C@]23OC[C@](C(C)(C)O)(O2)[C@@H](O)[C@H](O)[C@H]3O)cc1Cc1ccc(CCCC(=O)NC(=O)N(CCN2CC[C@@H](F)C2)C2CCCCC2)cc1. The van der Waals surface area contributed by atoms with Crippen molar-refractivity contribution in [3.05, 3.63) is 70.3 Å². The molecule has 1 saturated carbocycles. The van der Waals surface area contributed by atoms with Gasteiger partial charge < -0.3 is 34.8 Å². The van der Waals surface area contributed by atoms with E-state index in [9.17, 15) is 34.4 Å². The average molecular weight is 726 g/mol. The second-order valence-corrected chi connectivity index (χ2v) is 15.9. The molecule has 2 aromatic carbocycles. The molecule has 3 amide bonds. The minimum absolute atomic E-state index is 0.109. The van der Waals surface area contributed by atoms with E-state index in [1.165, 1.54) is 13.8 Å². The molecule has 6 rings (SSSR count). The number of fused-ring (bicyclic) bond motifs is 2. The lowest BCUT2D eigenvalue weighted by atomic mass is 9.75. The first kappa shape index (κ1) is 38.7. The number of likely N-dealkylation sites (tertiary alicyclic amines) is 1. The van der Waals surface area contributed by atoms with Gasteiger partial charge in [0.25, 0.3) is 0 Å². The molecule has 3 heterocycles. The van der Waals surface area contributed by atoms with Crippen LogP contribution in [0.25, 0.3) is 0 Å². The third-order valence-electron chi connectivity index (χ3n) is 11.8. The number of aliphatic hydroxyl groups excluding tert-OH is 3. The number of alkyl halides is 1. The first-order valence-corrected chi connectivity index (χ1v) is 19.0. The quantitative estimate of drug-likeness (QED) is 0.221. The lowest BCUT2D eigenvalue weighted by Crippen LogP contribution is -2.70. The molecule has 0 unspecified atom stereocenters. The summed E-state index contributed by atoms with van der Waals surface area (Å²) < 4.78 is 26.0. The van der Waals surface area contributed by atoms with E-state index in [0.717, 1.165) is 54.4 Å². The molecule has 3 saturated heterocycles. The van der Waals surface area contributed by atoms with Gasteiger partial charge in [0.15, 0.2) is 5.60 Å². The van der Waals surface area contributed by atoms with Crippen LogP contribution in [0.1, 0.15) is 93.0 Å². The largest absolute Gasteiger partial charge is 0.387 e. The summed E-state index contributed by atoms with van der Waals surface area (Å²) in [5.41, 5.74) is 1.36. The fourth-order valence-corrected chi connectivity index (χ4v) is 8.39. The standard InChI is InChI=1S/C40H56FN3O8/c1-26-12-17-30(40-36(48)34(46)35(47)39(52-40,25-51-40)38(2,3)50)23-29(26)22-28-15-13-27(14-16-28)8-7-11-33(45)42-37(49)44(32-9-5-4-6-10-32)21-20-43-19-18-31(41)24-43/h12-17,23,31-32,34-36,46-48,50H,4-11,18-22,24-25H2,1-3H3,(H,42,45,49)/t31-,34+,35+,36-,39+,40+/m1/s1. The summed E-state index contributed by atoms with van der Waals surface area (Å²) in [5.74, 6) is -2.05. The van der Waals surface area contributed by atoms with Crippen molar-refractivity contribution in [3.63, 3.8) is 0 Å². The number of ether oxygens (including phenoxy) is 2. The van der Waals surface area contributed by atoms with Crippen LogP contribution in [-0.4, -0.2) is 117 Å². The Morgan fingerprint density at radius 1 is 1.02 bits per heavy atom. The first-order chi connectivity index (χ1) is 24.7. The van der Waals surface area contributed by atoms with Crippen molar-refractivity contribution < 1.29 is 43.9 Å². The van der Waals surface area contributed by atoms with E-state index in [1.807, 2.05) is 43.3 Å². The number of benzene rings is 2. The Balaban J connectivity index is 1.03. The molecule has 5 N–H and O–H groups in total. The molecule has 3 aliphatic heterocycles. The highest BCUT2D eigenvalue weighted by molar-refractivity contribution is 5.94. The van der Waals surface area contributed by atoms with Gasteiger partial charge in [-0.25, -0.2) is 9.18 Å². The minimum Gasteiger partial charge on any atom is -0.387 e. The molecule has 11 nitrogen and oxygen atoms in total. The van der Waals surface area contributed by atoms with Crippen molar-refractivity contribution in [2.45, 2.75) is 132 Å². The second-order valence-electron chi connectivity index (χ2n) is 15.9. The van der Waals surface area contributed by atoms with Gasteiger partial charge in [-0.3, -0.25) is 15.0 Å². The van der Waals surface area contributed by atoms with Crippen LogP contribution in [0.4, 0.5) is 9.18 Å². The Labute approximate surface area is 306 Å². The highest BCUT2D eigenvalue weighted by Crippen LogP contribution is 2.53. The Bertz CT molecular complexity index is 1560. The molecule has 0 aromatic heterocycles. The van der Waals surface area contributed by atoms with E-state index in [0.29, 0.717) is 57.4 Å². The molecule has 4 aliphatic rings. The van der Waals surface area contributed by atoms with Gasteiger partial charge in [0.2, 0.25) is 11.7 Å². The Kier molecular flexibility index (Phi) is 11.8. The fraction of sp³-hybridized carbons (Fsp3) is 0.650. The number of imide groups is 1. The third-order valence-corrected chi connectivity index (χ3v) is 11.8. The van der Waals surface area contributed by atoms with E-state index < -0.39 is 41.5 Å². The van der Waals surface area contributed by atoms with E-state index >= 15 is 0 Å². The zero-order chi connectivity index (χ0) is 37.3. The molecular weight excluding hydrogens is 669 g/mol. The normalized spacial score (nSPS) is 29.7. The predicted octanol–water partition coefficient (Wildman–Crippen LogP) is 3.63. The topological polar surface area (TPSA) is 152 Å². The number of hydrogen-bond donors (Lipinski definition) is 5. The van der Waals surface area contributed by atoms with Crippen molar-refractivity contribution in [3.8, 4) is 0 Å². The van der Waals surface area contributed by atoms with Crippen LogP contribution >= 0.6 is 0 Å². The van der Waals surface area contributed by atoms with Crippen LogP contribution in [0.2, 0.25) is 0 Å². The summed E-state index contributed by atoms with van der Waals surface area (Å²) in [7, 11) is 0. The monoisotopic (exact) mass is 725 g/mol. The molecule has 286 valence electrons. The number of aryl methyl sites for hydroxylation is 2. The summed E-state index contributed by atoms with van der Waals surface area (Å²) in [6.45, 7) is 6.95. The average Bonchev–Trinajstić information content (AvgIpc) is 3.73. The van der Waals surface area contributed by atoms with Crippen molar-refractivity contribution in [1.82, 2.24) is 15.1 Å². The molecule has 52 heavy (non-hydrogen) atoms. The maximum absolute atomic E-state index is 13.7. The molecule has 2 aromatic rings. The molecule has 6 atom stereocenters. The first-order valence-electron chi connectivity index (χ1n) is 19.0. The number of aliphatic hydroxyl groups is 4. The molecule has 2 bridgehead atoms. The molecule has 12 heteroatoms. The smallest absolute Gasteiger partial charge is 0.324 e. The van der Waals surface area contributed by atoms with Gasteiger partial charge in [-0.1, -0.05) is 55.7 Å². The van der Waals surface area contributed by atoms with Crippen LogP contribution in [0.3, 0.4) is 0 Å². The van der Waals surface area contributed by atoms with Crippen LogP contribution in [0.15, 0.2) is 42.5 Å². The maximum atomic E-state index is 13.7. The number of carbonyl (C=O) groups is 2. The number of nitrogens with one attached hydrogen (secondary N) is 1. The highest BCUT2D eigenvalue weighted by atomic mass is 19.1. The Hall–Kier alpha value is -2.97. The number of carbonyl (C=O) groups excluding carboxylic acids is 2. The fourth-order valence-electron chi connectivity index (χ4n) is 8.39. The molecule has 1 aliphatic carbocycles. The molecular formula is C40H56FN3O8. The van der Waals surface area contributed by atoms with Crippen molar-refractivity contribution in [1.29, 1.82) is 0 Å². The van der Waals surface area contributed by atoms with Gasteiger partial charge in [-0.05, 0) is 87.6 Å². The van der Waals surface area contributed by atoms with Crippen LogP contribution in [0, 0.1) is 6.92 Å². The third kappa shape index (κ3) is 7.94. The molecule has 0 radical (unpaired) electrons. The van der Waals surface area contributed by atoms with Gasteiger partial charge in [-0.15, -0.1) is 0 Å². The lowest BCUT2D eigenvalue weighted by molar-refractivity contribution is -0.348. The van der Waals surface area contributed by atoms with Crippen molar-refractivity contribution >= 4 is 11.9 Å². The Morgan fingerprint density at radius 2 is 1.73 bits per heavy atom. The molecule has 4 fully saturated rings.